The molecule has 0 fully saturated rings. The van der Waals surface area contributed by atoms with Gasteiger partial charge in [-0.15, -0.1) is 0 Å². The minimum Gasteiger partial charge on any atom is -0.493 e. The summed E-state index contributed by atoms with van der Waals surface area (Å²) >= 11 is 0. The van der Waals surface area contributed by atoms with E-state index in [4.69, 9.17) is 14.2 Å². The molecule has 132 valence electrons. The average Bonchev–Trinajstić information content (AvgIpc) is 2.58. The maximum absolute atomic E-state index is 11.6. The lowest BCUT2D eigenvalue weighted by Gasteiger charge is -2.12. The van der Waals surface area contributed by atoms with Crippen molar-refractivity contribution in [3.8, 4) is 17.2 Å². The number of methoxy groups -OCH3 is 3. The quantitative estimate of drug-likeness (QED) is 0.438. The van der Waals surface area contributed by atoms with Gasteiger partial charge in [-0.25, -0.2) is 5.43 Å². The van der Waals surface area contributed by atoms with Crippen molar-refractivity contribution in [2.24, 2.45) is 11.0 Å². The van der Waals surface area contributed by atoms with Gasteiger partial charge in [-0.05, 0) is 18.1 Å². The Morgan fingerprint density at radius 3 is 2.12 bits per heavy atom. The van der Waals surface area contributed by atoms with Gasteiger partial charge in [0, 0.05) is 12.1 Å². The van der Waals surface area contributed by atoms with E-state index in [2.05, 4.69) is 15.8 Å². The molecule has 1 aromatic rings. The minimum absolute atomic E-state index is 0.254. The van der Waals surface area contributed by atoms with Crippen LogP contribution < -0.4 is 25.0 Å². The van der Waals surface area contributed by atoms with Crippen molar-refractivity contribution >= 4 is 18.0 Å². The van der Waals surface area contributed by atoms with Crippen molar-refractivity contribution in [1.82, 2.24) is 10.7 Å². The van der Waals surface area contributed by atoms with Gasteiger partial charge in [0.15, 0.2) is 11.5 Å². The fourth-order valence-corrected chi connectivity index (χ4v) is 1.77. The van der Waals surface area contributed by atoms with E-state index >= 15 is 0 Å². The molecule has 1 aromatic carbocycles. The van der Waals surface area contributed by atoms with Gasteiger partial charge in [0.2, 0.25) is 5.75 Å². The molecule has 24 heavy (non-hydrogen) atoms. The molecule has 0 aromatic heterocycles. The zero-order valence-electron chi connectivity index (χ0n) is 14.5. The van der Waals surface area contributed by atoms with Gasteiger partial charge >= 0.3 is 11.8 Å². The lowest BCUT2D eigenvalue weighted by molar-refractivity contribution is -0.139. The predicted octanol–water partition coefficient (Wildman–Crippen LogP) is 0.935. The van der Waals surface area contributed by atoms with Crippen molar-refractivity contribution in [3.63, 3.8) is 0 Å². The van der Waals surface area contributed by atoms with Gasteiger partial charge < -0.3 is 19.5 Å². The number of nitrogens with one attached hydrogen (secondary N) is 2. The van der Waals surface area contributed by atoms with E-state index in [-0.39, 0.29) is 5.92 Å². The number of amides is 2. The molecule has 0 aliphatic rings. The Balaban J connectivity index is 2.77. The largest absolute Gasteiger partial charge is 0.493 e. The van der Waals surface area contributed by atoms with E-state index in [1.807, 2.05) is 13.8 Å². The molecule has 0 heterocycles. The Hall–Kier alpha value is -2.77. The number of hydrazone groups is 1. The smallest absolute Gasteiger partial charge is 0.329 e. The summed E-state index contributed by atoms with van der Waals surface area (Å²) in [6.07, 6.45) is 1.37. The van der Waals surface area contributed by atoms with E-state index in [1.54, 1.807) is 12.1 Å². The van der Waals surface area contributed by atoms with Gasteiger partial charge in [-0.3, -0.25) is 9.59 Å². The van der Waals surface area contributed by atoms with Crippen LogP contribution in [0.4, 0.5) is 0 Å². The van der Waals surface area contributed by atoms with Gasteiger partial charge in [-0.2, -0.15) is 5.10 Å². The number of benzene rings is 1. The Labute approximate surface area is 141 Å². The van der Waals surface area contributed by atoms with Crippen molar-refractivity contribution in [3.05, 3.63) is 17.7 Å². The molecule has 0 saturated heterocycles. The number of carbonyl (C=O) groups excluding carboxylic acids is 2. The van der Waals surface area contributed by atoms with Crippen molar-refractivity contribution in [2.45, 2.75) is 13.8 Å². The van der Waals surface area contributed by atoms with Crippen molar-refractivity contribution in [2.75, 3.05) is 27.9 Å². The summed E-state index contributed by atoms with van der Waals surface area (Å²) in [5.74, 6) is 0.0578. The van der Waals surface area contributed by atoms with Crippen LogP contribution in [0.15, 0.2) is 17.2 Å². The molecule has 0 aliphatic carbocycles. The molecule has 0 spiro atoms. The second-order valence-corrected chi connectivity index (χ2v) is 5.26. The van der Waals surface area contributed by atoms with Gasteiger partial charge in [-0.1, -0.05) is 13.8 Å². The summed E-state index contributed by atoms with van der Waals surface area (Å²) in [7, 11) is 4.50. The Bertz CT molecular complexity index is 589. The van der Waals surface area contributed by atoms with E-state index in [1.165, 1.54) is 27.5 Å². The van der Waals surface area contributed by atoms with E-state index in [0.29, 0.717) is 29.4 Å². The monoisotopic (exact) mass is 337 g/mol. The number of carbonyl (C=O) groups is 2. The normalized spacial score (nSPS) is 10.6. The maximum Gasteiger partial charge on any atom is 0.329 e. The lowest BCUT2D eigenvalue weighted by Crippen LogP contribution is -2.39. The Kier molecular flexibility index (Phi) is 7.54. The van der Waals surface area contributed by atoms with Crippen LogP contribution in [0.1, 0.15) is 19.4 Å². The number of ether oxygens (including phenoxy) is 3. The fraction of sp³-hybridized carbons (Fsp3) is 0.438. The Morgan fingerprint density at radius 1 is 1.08 bits per heavy atom. The van der Waals surface area contributed by atoms with Crippen molar-refractivity contribution < 1.29 is 23.8 Å². The van der Waals surface area contributed by atoms with Crippen LogP contribution in [0.2, 0.25) is 0 Å². The molecule has 8 nitrogen and oxygen atoms in total. The van der Waals surface area contributed by atoms with E-state index in [9.17, 15) is 9.59 Å². The highest BCUT2D eigenvalue weighted by molar-refractivity contribution is 6.35. The molecular weight excluding hydrogens is 314 g/mol. The summed E-state index contributed by atoms with van der Waals surface area (Å²) < 4.78 is 15.7. The first-order valence-corrected chi connectivity index (χ1v) is 7.34. The molecule has 1 rings (SSSR count). The minimum atomic E-state index is -0.834. The summed E-state index contributed by atoms with van der Waals surface area (Å²) in [6, 6.07) is 3.33. The summed E-state index contributed by atoms with van der Waals surface area (Å²) in [5.41, 5.74) is 2.77. The Morgan fingerprint density at radius 2 is 1.67 bits per heavy atom. The number of nitrogens with zero attached hydrogens (tertiary/aromatic N) is 1. The SMILES string of the molecule is COc1cc(C=NNC(=O)C(=O)NCC(C)C)cc(OC)c1OC. The number of hydrogen-bond donors (Lipinski definition) is 2. The van der Waals surface area contributed by atoms with E-state index in [0.717, 1.165) is 0 Å². The fourth-order valence-electron chi connectivity index (χ4n) is 1.77. The topological polar surface area (TPSA) is 98.2 Å². The highest BCUT2D eigenvalue weighted by Gasteiger charge is 2.14. The van der Waals surface area contributed by atoms with Crippen LogP contribution in [0.25, 0.3) is 0 Å². The summed E-state index contributed by atoms with van der Waals surface area (Å²) in [6.45, 7) is 4.28. The van der Waals surface area contributed by atoms with Crippen LogP contribution in [0.5, 0.6) is 17.2 Å². The first kappa shape index (κ1) is 19.3. The van der Waals surface area contributed by atoms with Crippen molar-refractivity contribution in [1.29, 1.82) is 0 Å². The van der Waals surface area contributed by atoms with Gasteiger partial charge in [0.1, 0.15) is 0 Å². The van der Waals surface area contributed by atoms with Gasteiger partial charge in [0.05, 0.1) is 27.5 Å². The highest BCUT2D eigenvalue weighted by atomic mass is 16.5. The molecule has 0 bridgehead atoms. The van der Waals surface area contributed by atoms with Crippen LogP contribution in [0.3, 0.4) is 0 Å². The maximum atomic E-state index is 11.6. The second-order valence-electron chi connectivity index (χ2n) is 5.26. The predicted molar refractivity (Wildman–Crippen MR) is 89.7 cm³/mol. The average molecular weight is 337 g/mol. The third kappa shape index (κ3) is 5.45. The molecule has 0 atom stereocenters. The molecule has 2 amide bonds. The highest BCUT2D eigenvalue weighted by Crippen LogP contribution is 2.37. The van der Waals surface area contributed by atoms with Crippen LogP contribution in [-0.2, 0) is 9.59 Å². The van der Waals surface area contributed by atoms with Crippen LogP contribution in [-0.4, -0.2) is 45.9 Å². The van der Waals surface area contributed by atoms with Crippen LogP contribution >= 0.6 is 0 Å². The molecule has 0 radical (unpaired) electrons. The number of rotatable bonds is 7. The third-order valence-electron chi connectivity index (χ3n) is 2.94. The molecular formula is C16H23N3O5. The summed E-state index contributed by atoms with van der Waals surface area (Å²) in [4.78, 5) is 23.1. The summed E-state index contributed by atoms with van der Waals surface area (Å²) in [5, 5.41) is 6.26. The third-order valence-corrected chi connectivity index (χ3v) is 2.94. The standard InChI is InChI=1S/C16H23N3O5/c1-10(2)8-17-15(20)16(21)19-18-9-11-6-12(22-3)14(24-5)13(7-11)23-4/h6-7,9-10H,8H2,1-5H3,(H,17,20)(H,19,21). The molecule has 0 unspecified atom stereocenters. The van der Waals surface area contributed by atoms with Crippen LogP contribution in [0, 0.1) is 5.92 Å². The lowest BCUT2D eigenvalue weighted by atomic mass is 10.2. The molecule has 0 aliphatic heterocycles. The molecule has 2 N–H and O–H groups in total. The zero-order chi connectivity index (χ0) is 18.1. The first-order chi connectivity index (χ1) is 11.4. The van der Waals surface area contributed by atoms with E-state index < -0.39 is 11.8 Å². The second kappa shape index (κ2) is 9.39. The molecule has 0 saturated carbocycles. The zero-order valence-corrected chi connectivity index (χ0v) is 14.5. The number of hydrogen-bond acceptors (Lipinski definition) is 6. The first-order valence-electron chi connectivity index (χ1n) is 7.34. The molecule has 8 heteroatoms. The van der Waals surface area contributed by atoms with Gasteiger partial charge in [0.25, 0.3) is 0 Å².